The Morgan fingerprint density at radius 2 is 1.71 bits per heavy atom. The predicted molar refractivity (Wildman–Crippen MR) is 84.5 cm³/mol. The zero-order valence-electron chi connectivity index (χ0n) is 14.1. The Kier molecular flexibility index (Phi) is 5.15. The van der Waals surface area contributed by atoms with Crippen molar-refractivity contribution in [2.24, 2.45) is 5.41 Å². The van der Waals surface area contributed by atoms with Crippen LogP contribution in [0.15, 0.2) is 0 Å². The number of nitrogens with one attached hydrogen (secondary N) is 1. The van der Waals surface area contributed by atoms with E-state index < -0.39 is 5.60 Å². The minimum atomic E-state index is -0.404. The van der Waals surface area contributed by atoms with Gasteiger partial charge in [-0.1, -0.05) is 6.92 Å². The highest BCUT2D eigenvalue weighted by molar-refractivity contribution is 5.68. The molecular formula is C16H31N3O2. The average molecular weight is 297 g/mol. The van der Waals surface area contributed by atoms with E-state index in [4.69, 9.17) is 4.74 Å². The summed E-state index contributed by atoms with van der Waals surface area (Å²) in [6.45, 7) is 15.4. The molecule has 1 N–H and O–H groups in total. The SMILES string of the molecule is CC1(CN2CCNCC2)CCN(C(=O)OC(C)(C)C)CC1. The monoisotopic (exact) mass is 297 g/mol. The Morgan fingerprint density at radius 3 is 2.24 bits per heavy atom. The van der Waals surface area contributed by atoms with Gasteiger partial charge in [-0.3, -0.25) is 0 Å². The first-order valence-electron chi connectivity index (χ1n) is 8.18. The minimum absolute atomic E-state index is 0.160. The van der Waals surface area contributed by atoms with Gasteiger partial charge in [-0.2, -0.15) is 0 Å². The first-order chi connectivity index (χ1) is 9.77. The normalized spacial score (nSPS) is 23.9. The van der Waals surface area contributed by atoms with Crippen molar-refractivity contribution in [1.82, 2.24) is 15.1 Å². The van der Waals surface area contributed by atoms with Crippen LogP contribution < -0.4 is 5.32 Å². The van der Waals surface area contributed by atoms with Gasteiger partial charge < -0.3 is 19.9 Å². The number of nitrogens with zero attached hydrogens (tertiary/aromatic N) is 2. The zero-order valence-corrected chi connectivity index (χ0v) is 14.1. The van der Waals surface area contributed by atoms with E-state index in [1.54, 1.807) is 0 Å². The van der Waals surface area contributed by atoms with Crippen molar-refractivity contribution in [3.8, 4) is 0 Å². The van der Waals surface area contributed by atoms with E-state index in [0.29, 0.717) is 5.41 Å². The van der Waals surface area contributed by atoms with Crippen molar-refractivity contribution in [3.05, 3.63) is 0 Å². The fourth-order valence-electron chi connectivity index (χ4n) is 3.12. The van der Waals surface area contributed by atoms with Crippen molar-refractivity contribution in [2.75, 3.05) is 45.8 Å². The van der Waals surface area contributed by atoms with Crippen molar-refractivity contribution >= 4 is 6.09 Å². The fraction of sp³-hybridized carbons (Fsp3) is 0.938. The van der Waals surface area contributed by atoms with Crippen LogP contribution in [0.1, 0.15) is 40.5 Å². The highest BCUT2D eigenvalue weighted by Crippen LogP contribution is 2.32. The second-order valence-corrected chi connectivity index (χ2v) is 7.80. The summed E-state index contributed by atoms with van der Waals surface area (Å²) in [7, 11) is 0. The first-order valence-corrected chi connectivity index (χ1v) is 8.18. The maximum absolute atomic E-state index is 12.1. The topological polar surface area (TPSA) is 44.8 Å². The van der Waals surface area contributed by atoms with Crippen LogP contribution in [0.2, 0.25) is 0 Å². The third-order valence-corrected chi connectivity index (χ3v) is 4.44. The van der Waals surface area contributed by atoms with Gasteiger partial charge in [-0.25, -0.2) is 4.79 Å². The van der Waals surface area contributed by atoms with E-state index in [-0.39, 0.29) is 6.09 Å². The van der Waals surface area contributed by atoms with Gasteiger partial charge in [0.2, 0.25) is 0 Å². The molecule has 2 heterocycles. The summed E-state index contributed by atoms with van der Waals surface area (Å²) in [5.74, 6) is 0. The van der Waals surface area contributed by atoms with E-state index in [1.165, 1.54) is 0 Å². The number of amides is 1. The molecule has 0 unspecified atom stereocenters. The molecule has 0 bridgehead atoms. The molecule has 5 heteroatoms. The Balaban J connectivity index is 1.80. The maximum Gasteiger partial charge on any atom is 0.410 e. The molecule has 2 rings (SSSR count). The number of ether oxygens (including phenoxy) is 1. The number of hydrogen-bond acceptors (Lipinski definition) is 4. The third kappa shape index (κ3) is 5.15. The van der Waals surface area contributed by atoms with Crippen molar-refractivity contribution in [2.45, 2.75) is 46.1 Å². The lowest BCUT2D eigenvalue weighted by molar-refractivity contribution is 0.00696. The summed E-state index contributed by atoms with van der Waals surface area (Å²) in [5.41, 5.74) is -0.0749. The van der Waals surface area contributed by atoms with E-state index >= 15 is 0 Å². The van der Waals surface area contributed by atoms with Crippen molar-refractivity contribution < 1.29 is 9.53 Å². The highest BCUT2D eigenvalue weighted by Gasteiger charge is 2.35. The molecule has 5 nitrogen and oxygen atoms in total. The first kappa shape index (κ1) is 16.6. The summed E-state index contributed by atoms with van der Waals surface area (Å²) in [6, 6.07) is 0. The van der Waals surface area contributed by atoms with Crippen LogP contribution in [0.3, 0.4) is 0 Å². The Hall–Kier alpha value is -0.810. The molecule has 0 radical (unpaired) electrons. The Bertz CT molecular complexity index is 351. The predicted octanol–water partition coefficient (Wildman–Crippen LogP) is 1.93. The van der Waals surface area contributed by atoms with E-state index in [2.05, 4.69) is 17.1 Å². The quantitative estimate of drug-likeness (QED) is 0.846. The standard InChI is InChI=1S/C16H31N3O2/c1-15(2,3)21-14(20)19-9-5-16(4,6-10-19)13-18-11-7-17-8-12-18/h17H,5-13H2,1-4H3. The molecule has 0 spiro atoms. The van der Waals surface area contributed by atoms with Gasteiger partial charge in [0, 0.05) is 45.8 Å². The molecule has 1 amide bonds. The summed E-state index contributed by atoms with van der Waals surface area (Å²) < 4.78 is 5.46. The number of piperidine rings is 1. The third-order valence-electron chi connectivity index (χ3n) is 4.44. The highest BCUT2D eigenvalue weighted by atomic mass is 16.6. The Labute approximate surface area is 129 Å². The number of carbonyl (C=O) groups is 1. The fourth-order valence-corrected chi connectivity index (χ4v) is 3.12. The van der Waals surface area contributed by atoms with E-state index in [0.717, 1.165) is 58.7 Å². The molecule has 0 aliphatic carbocycles. The number of likely N-dealkylation sites (tertiary alicyclic amines) is 1. The smallest absolute Gasteiger partial charge is 0.410 e. The summed E-state index contributed by atoms with van der Waals surface area (Å²) in [6.07, 6.45) is 1.97. The lowest BCUT2D eigenvalue weighted by Crippen LogP contribution is -2.51. The number of rotatable bonds is 2. The Morgan fingerprint density at radius 1 is 1.14 bits per heavy atom. The van der Waals surface area contributed by atoms with Crippen molar-refractivity contribution in [1.29, 1.82) is 0 Å². The molecule has 2 saturated heterocycles. The van der Waals surface area contributed by atoms with E-state index in [9.17, 15) is 4.79 Å². The molecule has 21 heavy (non-hydrogen) atoms. The minimum Gasteiger partial charge on any atom is -0.444 e. The summed E-state index contributed by atoms with van der Waals surface area (Å²) in [5, 5.41) is 3.40. The molecule has 0 atom stereocenters. The number of piperazine rings is 1. The molecule has 2 aliphatic heterocycles. The summed E-state index contributed by atoms with van der Waals surface area (Å²) in [4.78, 5) is 16.5. The summed E-state index contributed by atoms with van der Waals surface area (Å²) >= 11 is 0. The maximum atomic E-state index is 12.1. The zero-order chi connectivity index (χ0) is 15.5. The van der Waals surface area contributed by atoms with Crippen LogP contribution >= 0.6 is 0 Å². The van der Waals surface area contributed by atoms with Crippen LogP contribution in [-0.2, 0) is 4.74 Å². The second kappa shape index (κ2) is 6.53. The second-order valence-electron chi connectivity index (χ2n) is 7.80. The number of hydrogen-bond donors (Lipinski definition) is 1. The van der Waals surface area contributed by atoms with Crippen LogP contribution in [0.4, 0.5) is 4.79 Å². The largest absolute Gasteiger partial charge is 0.444 e. The van der Waals surface area contributed by atoms with Gasteiger partial charge in [-0.15, -0.1) is 0 Å². The van der Waals surface area contributed by atoms with Gasteiger partial charge in [0.25, 0.3) is 0 Å². The van der Waals surface area contributed by atoms with Gasteiger partial charge in [0.1, 0.15) is 5.60 Å². The molecule has 0 aromatic carbocycles. The molecule has 0 saturated carbocycles. The van der Waals surface area contributed by atoms with Crippen LogP contribution in [0, 0.1) is 5.41 Å². The molecule has 122 valence electrons. The molecular weight excluding hydrogens is 266 g/mol. The van der Waals surface area contributed by atoms with Crippen molar-refractivity contribution in [3.63, 3.8) is 0 Å². The van der Waals surface area contributed by atoms with Gasteiger partial charge >= 0.3 is 6.09 Å². The molecule has 2 aliphatic rings. The lowest BCUT2D eigenvalue weighted by Gasteiger charge is -2.43. The van der Waals surface area contributed by atoms with Crippen LogP contribution in [0.5, 0.6) is 0 Å². The van der Waals surface area contributed by atoms with E-state index in [1.807, 2.05) is 25.7 Å². The van der Waals surface area contributed by atoms with Gasteiger partial charge in [0.15, 0.2) is 0 Å². The van der Waals surface area contributed by atoms with Crippen LogP contribution in [0.25, 0.3) is 0 Å². The van der Waals surface area contributed by atoms with Crippen LogP contribution in [-0.4, -0.2) is 67.3 Å². The van der Waals surface area contributed by atoms with Gasteiger partial charge in [-0.05, 0) is 39.0 Å². The molecule has 0 aromatic heterocycles. The number of carbonyl (C=O) groups excluding carboxylic acids is 1. The lowest BCUT2D eigenvalue weighted by atomic mass is 9.80. The molecule has 2 fully saturated rings. The van der Waals surface area contributed by atoms with Gasteiger partial charge in [0.05, 0.1) is 0 Å². The average Bonchev–Trinajstić information content (AvgIpc) is 2.38. The molecule has 0 aromatic rings.